The Labute approximate surface area is 202 Å². The van der Waals surface area contributed by atoms with Crippen molar-refractivity contribution in [3.63, 3.8) is 0 Å². The van der Waals surface area contributed by atoms with Crippen molar-refractivity contribution in [1.82, 2.24) is 24.7 Å². The molecule has 1 atom stereocenters. The highest BCUT2D eigenvalue weighted by atomic mass is 79.9. The Kier molecular flexibility index (Phi) is 7.84. The number of imidazole rings is 1. The number of nitrogens with one attached hydrogen (secondary N) is 1. The van der Waals surface area contributed by atoms with Gasteiger partial charge in [0.2, 0.25) is 0 Å². The number of carbonyl (C=O) groups is 2. The van der Waals surface area contributed by atoms with Gasteiger partial charge in [-0.1, -0.05) is 23.7 Å². The summed E-state index contributed by atoms with van der Waals surface area (Å²) in [4.78, 5) is 33.0. The molecule has 1 unspecified atom stereocenters. The number of nitrogens with zero attached hydrogens (tertiary/aromatic N) is 4. The minimum absolute atomic E-state index is 0.0201. The normalized spacial score (nSPS) is 16.1. The average molecular weight is 527 g/mol. The minimum atomic E-state index is -0.476. The summed E-state index contributed by atoms with van der Waals surface area (Å²) in [5.74, 6) is -0.476. The molecule has 0 saturated carbocycles. The summed E-state index contributed by atoms with van der Waals surface area (Å²) >= 11 is 9.67. The molecule has 8 nitrogen and oxygen atoms in total. The molecule has 3 rings (SSSR count). The summed E-state index contributed by atoms with van der Waals surface area (Å²) in [6.07, 6.45) is 0. The summed E-state index contributed by atoms with van der Waals surface area (Å²) in [5.41, 5.74) is 1.89. The molecular weight excluding hydrogens is 498 g/mol. The van der Waals surface area contributed by atoms with Gasteiger partial charge in [0.1, 0.15) is 0 Å². The van der Waals surface area contributed by atoms with Crippen LogP contribution in [0, 0.1) is 0 Å². The first-order valence-electron chi connectivity index (χ1n) is 10.6. The topological polar surface area (TPSA) is 79.7 Å². The van der Waals surface area contributed by atoms with Crippen molar-refractivity contribution >= 4 is 39.5 Å². The molecule has 1 N–H and O–H groups in total. The number of hydrogen-bond donors (Lipinski definition) is 1. The van der Waals surface area contributed by atoms with Gasteiger partial charge in [0.15, 0.2) is 10.4 Å². The van der Waals surface area contributed by atoms with Crippen molar-refractivity contribution in [2.24, 2.45) is 0 Å². The van der Waals surface area contributed by atoms with Gasteiger partial charge in [-0.15, -0.1) is 0 Å². The summed E-state index contributed by atoms with van der Waals surface area (Å²) in [5, 5.41) is 4.29. The number of esters is 1. The molecule has 1 saturated heterocycles. The van der Waals surface area contributed by atoms with E-state index in [1.54, 1.807) is 30.8 Å². The zero-order valence-electron chi connectivity index (χ0n) is 18.9. The Morgan fingerprint density at radius 3 is 2.38 bits per heavy atom. The number of rotatable bonds is 7. The van der Waals surface area contributed by atoms with E-state index >= 15 is 0 Å². The van der Waals surface area contributed by atoms with Gasteiger partial charge in [0.05, 0.1) is 18.3 Å². The van der Waals surface area contributed by atoms with Gasteiger partial charge in [-0.3, -0.25) is 5.32 Å². The molecule has 1 aliphatic heterocycles. The van der Waals surface area contributed by atoms with Gasteiger partial charge < -0.3 is 19.1 Å². The van der Waals surface area contributed by atoms with Crippen LogP contribution in [0.3, 0.4) is 0 Å². The maximum absolute atomic E-state index is 12.9. The van der Waals surface area contributed by atoms with Crippen LogP contribution in [0.25, 0.3) is 0 Å². The van der Waals surface area contributed by atoms with E-state index < -0.39 is 5.97 Å². The number of amides is 2. The van der Waals surface area contributed by atoms with Crippen LogP contribution in [0.1, 0.15) is 54.6 Å². The smallest absolute Gasteiger partial charge is 0.358 e. The molecule has 0 radical (unpaired) electrons. The molecule has 1 aromatic heterocycles. The summed E-state index contributed by atoms with van der Waals surface area (Å²) in [7, 11) is 3.56. The predicted molar refractivity (Wildman–Crippen MR) is 127 cm³/mol. The maximum atomic E-state index is 12.9. The largest absolute Gasteiger partial charge is 0.461 e. The van der Waals surface area contributed by atoms with Crippen molar-refractivity contribution in [3.05, 3.63) is 51.0 Å². The van der Waals surface area contributed by atoms with Crippen molar-refractivity contribution in [2.75, 3.05) is 33.8 Å². The molecule has 2 aromatic rings. The highest BCUT2D eigenvalue weighted by molar-refractivity contribution is 9.10. The number of halogens is 2. The summed E-state index contributed by atoms with van der Waals surface area (Å²) < 4.78 is 7.86. The van der Waals surface area contributed by atoms with Crippen LogP contribution in [0.15, 0.2) is 29.0 Å². The van der Waals surface area contributed by atoms with Gasteiger partial charge >= 0.3 is 12.0 Å². The Morgan fingerprint density at radius 1 is 1.25 bits per heavy atom. The average Bonchev–Trinajstić information content (AvgIpc) is 3.08. The number of carbonyl (C=O) groups excluding carboxylic acids is 2. The fourth-order valence-electron chi connectivity index (χ4n) is 4.03. The van der Waals surface area contributed by atoms with E-state index in [4.69, 9.17) is 16.3 Å². The molecule has 1 aliphatic rings. The lowest BCUT2D eigenvalue weighted by Gasteiger charge is -2.38. The Morgan fingerprint density at radius 2 is 1.84 bits per heavy atom. The van der Waals surface area contributed by atoms with Crippen LogP contribution in [-0.4, -0.2) is 71.2 Å². The molecule has 10 heteroatoms. The van der Waals surface area contributed by atoms with E-state index in [2.05, 4.69) is 26.2 Å². The molecule has 32 heavy (non-hydrogen) atoms. The zero-order chi connectivity index (χ0) is 23.6. The van der Waals surface area contributed by atoms with Gasteiger partial charge in [-0.2, -0.15) is 0 Å². The van der Waals surface area contributed by atoms with Gasteiger partial charge in [0, 0.05) is 44.3 Å². The van der Waals surface area contributed by atoms with E-state index in [1.807, 2.05) is 42.7 Å². The standard InChI is InChI=1S/C22H29BrClN5O3/c1-6-32-20(30)18-19(29(13(2)3)21(23)26-18)17(14-7-9-15(24)10-8-14)25-16-11-27(4)22(31)28(5)12-16/h7-10,13,16-17,25H,6,11-12H2,1-5H3. The van der Waals surface area contributed by atoms with Crippen LogP contribution in [0.4, 0.5) is 4.79 Å². The van der Waals surface area contributed by atoms with Crippen molar-refractivity contribution < 1.29 is 14.3 Å². The zero-order valence-corrected chi connectivity index (χ0v) is 21.3. The fourth-order valence-corrected chi connectivity index (χ4v) is 4.93. The van der Waals surface area contributed by atoms with Crippen LogP contribution in [-0.2, 0) is 4.74 Å². The summed E-state index contributed by atoms with van der Waals surface area (Å²) in [6, 6.07) is 7.11. The van der Waals surface area contributed by atoms with Crippen LogP contribution >= 0.6 is 27.5 Å². The fraction of sp³-hybridized carbons (Fsp3) is 0.500. The number of aromatic nitrogens is 2. The molecule has 2 heterocycles. The molecule has 2 amide bonds. The predicted octanol–water partition coefficient (Wildman–Crippen LogP) is 4.10. The van der Waals surface area contributed by atoms with Crippen LogP contribution in [0.2, 0.25) is 5.02 Å². The van der Waals surface area contributed by atoms with Crippen molar-refractivity contribution in [2.45, 2.75) is 38.9 Å². The Bertz CT molecular complexity index is 965. The van der Waals surface area contributed by atoms with Crippen LogP contribution in [0.5, 0.6) is 0 Å². The highest BCUT2D eigenvalue weighted by Crippen LogP contribution is 2.33. The monoisotopic (exact) mass is 525 g/mol. The molecule has 174 valence electrons. The number of benzene rings is 1. The third-order valence-corrected chi connectivity index (χ3v) is 6.22. The second-order valence-electron chi connectivity index (χ2n) is 8.19. The first kappa shape index (κ1) is 24.5. The SMILES string of the molecule is CCOC(=O)c1nc(Br)n(C(C)C)c1C(NC1CN(C)C(=O)N(C)C1)c1ccc(Cl)cc1. The lowest BCUT2D eigenvalue weighted by Crippen LogP contribution is -2.57. The molecule has 1 fully saturated rings. The highest BCUT2D eigenvalue weighted by Gasteiger charge is 2.34. The number of likely N-dealkylation sites (N-methyl/N-ethyl adjacent to an activating group) is 2. The van der Waals surface area contributed by atoms with Crippen molar-refractivity contribution in [3.8, 4) is 0 Å². The van der Waals surface area contributed by atoms with E-state index in [-0.39, 0.29) is 36.5 Å². The van der Waals surface area contributed by atoms with E-state index in [1.165, 1.54) is 0 Å². The minimum Gasteiger partial charge on any atom is -0.461 e. The molecule has 0 bridgehead atoms. The Balaban J connectivity index is 2.12. The van der Waals surface area contributed by atoms with Gasteiger partial charge in [0.25, 0.3) is 0 Å². The molecule has 1 aromatic carbocycles. The second-order valence-corrected chi connectivity index (χ2v) is 9.34. The first-order valence-corrected chi connectivity index (χ1v) is 11.7. The lowest BCUT2D eigenvalue weighted by atomic mass is 9.99. The number of ether oxygens (including phenoxy) is 1. The number of urea groups is 1. The quantitative estimate of drug-likeness (QED) is 0.550. The lowest BCUT2D eigenvalue weighted by molar-refractivity contribution is 0.0517. The molecule has 0 aliphatic carbocycles. The summed E-state index contributed by atoms with van der Waals surface area (Å²) in [6.45, 7) is 7.17. The third kappa shape index (κ3) is 5.10. The Hall–Kier alpha value is -2.10. The van der Waals surface area contributed by atoms with Gasteiger partial charge in [-0.05, 0) is 54.4 Å². The molecule has 0 spiro atoms. The first-order chi connectivity index (χ1) is 15.1. The van der Waals surface area contributed by atoms with E-state index in [0.29, 0.717) is 28.5 Å². The van der Waals surface area contributed by atoms with E-state index in [9.17, 15) is 9.59 Å². The maximum Gasteiger partial charge on any atom is 0.358 e. The van der Waals surface area contributed by atoms with Crippen LogP contribution < -0.4 is 5.32 Å². The van der Waals surface area contributed by atoms with Gasteiger partial charge in [-0.25, -0.2) is 14.6 Å². The number of hydrogen-bond acceptors (Lipinski definition) is 5. The third-order valence-electron chi connectivity index (χ3n) is 5.41. The van der Waals surface area contributed by atoms with Crippen molar-refractivity contribution in [1.29, 1.82) is 0 Å². The second kappa shape index (κ2) is 10.2. The molecular formula is C22H29BrClN5O3. The van der Waals surface area contributed by atoms with E-state index in [0.717, 1.165) is 5.56 Å².